The predicted octanol–water partition coefficient (Wildman–Crippen LogP) is 3.39. The van der Waals surface area contributed by atoms with Crippen LogP contribution >= 0.6 is 0 Å². The number of carbonyl (C=O) groups excluding carboxylic acids is 5. The second-order valence-corrected chi connectivity index (χ2v) is 16.2. The number of amides is 1. The van der Waals surface area contributed by atoms with Crippen LogP contribution in [0.3, 0.4) is 0 Å². The average molecular weight is 798 g/mol. The normalized spacial score (nSPS) is 32.5. The molecule has 58 heavy (non-hydrogen) atoms. The summed E-state index contributed by atoms with van der Waals surface area (Å²) in [6, 6.07) is 23.5. The van der Waals surface area contributed by atoms with Crippen molar-refractivity contribution < 1.29 is 63.0 Å². The minimum absolute atomic E-state index is 0.114. The van der Waals surface area contributed by atoms with Gasteiger partial charge in [0.2, 0.25) is 5.79 Å². The summed E-state index contributed by atoms with van der Waals surface area (Å²) in [5, 5.41) is 38.9. The smallest absolute Gasteiger partial charge is 0.338 e. The third-order valence-electron chi connectivity index (χ3n) is 12.4. The summed E-state index contributed by atoms with van der Waals surface area (Å²) >= 11 is 0. The number of Topliss-reactive ketones (excluding diaryl/α,β-unsaturated/α-hetero) is 1. The van der Waals surface area contributed by atoms with Gasteiger partial charge in [0.25, 0.3) is 5.91 Å². The van der Waals surface area contributed by atoms with E-state index in [2.05, 4.69) is 5.32 Å². The third-order valence-corrected chi connectivity index (χ3v) is 12.4. The van der Waals surface area contributed by atoms with Crippen molar-refractivity contribution in [3.63, 3.8) is 0 Å². The van der Waals surface area contributed by atoms with Crippen LogP contribution in [0.2, 0.25) is 0 Å². The molecule has 0 spiro atoms. The Bertz CT molecular complexity index is 2120. The molecule has 7 rings (SSSR count). The summed E-state index contributed by atoms with van der Waals surface area (Å²) in [5.74, 6) is -7.73. The van der Waals surface area contributed by atoms with Gasteiger partial charge in [-0.2, -0.15) is 0 Å². The van der Waals surface area contributed by atoms with Crippen molar-refractivity contribution in [2.24, 2.45) is 16.7 Å². The SMILES string of the molecule is CC(=O)O[C@@]12CO[C@@H]1C[C@H](O)[C@@]1(C)C(=O)[C@@H]3O[C@](O)([C@@H](OC(=O)c4ccccc4)[C@H]21)C(C)(C)/C3=C(/C)COC(=O)[C@H](O)[C@@H](NC(=O)c1ccccc1)c1ccccc1. The number of carbonyl (C=O) groups is 5. The maximum absolute atomic E-state index is 15.1. The first-order valence-electron chi connectivity index (χ1n) is 19.1. The molecule has 4 N–H and O–H groups in total. The molecular formula is C44H47NO13. The number of hydrogen-bond acceptors (Lipinski definition) is 13. The van der Waals surface area contributed by atoms with E-state index >= 15 is 4.79 Å². The lowest BCUT2D eigenvalue weighted by molar-refractivity contribution is -0.356. The number of hydrogen-bond donors (Lipinski definition) is 4. The molecule has 3 aromatic carbocycles. The van der Waals surface area contributed by atoms with Crippen LogP contribution in [0.1, 0.15) is 73.4 Å². The molecule has 0 radical (unpaired) electrons. The van der Waals surface area contributed by atoms with Gasteiger partial charge in [0.15, 0.2) is 23.6 Å². The highest BCUT2D eigenvalue weighted by Gasteiger charge is 2.80. The summed E-state index contributed by atoms with van der Waals surface area (Å²) < 4.78 is 30.0. The molecule has 3 aliphatic heterocycles. The van der Waals surface area contributed by atoms with Crippen LogP contribution in [0.15, 0.2) is 102 Å². The molecule has 14 heteroatoms. The lowest BCUT2D eigenvalue weighted by Gasteiger charge is -2.63. The fourth-order valence-corrected chi connectivity index (χ4v) is 9.38. The van der Waals surface area contributed by atoms with Crippen molar-refractivity contribution in [1.82, 2.24) is 5.32 Å². The van der Waals surface area contributed by atoms with Crippen LogP contribution in [0.5, 0.6) is 0 Å². The van der Waals surface area contributed by atoms with Crippen LogP contribution in [-0.2, 0) is 38.1 Å². The molecule has 4 aliphatic rings. The second-order valence-electron chi connectivity index (χ2n) is 16.2. The van der Waals surface area contributed by atoms with Crippen molar-refractivity contribution in [2.75, 3.05) is 13.2 Å². The molecular weight excluding hydrogens is 750 g/mol. The zero-order valence-corrected chi connectivity index (χ0v) is 32.7. The first-order valence-corrected chi connectivity index (χ1v) is 19.1. The van der Waals surface area contributed by atoms with Gasteiger partial charge in [0.1, 0.15) is 18.8 Å². The van der Waals surface area contributed by atoms with Crippen molar-refractivity contribution >= 4 is 29.6 Å². The van der Waals surface area contributed by atoms with Crippen LogP contribution in [0.25, 0.3) is 0 Å². The van der Waals surface area contributed by atoms with Gasteiger partial charge >= 0.3 is 17.9 Å². The number of fused-ring (bicyclic) bond motifs is 5. The van der Waals surface area contributed by atoms with Crippen LogP contribution < -0.4 is 5.32 Å². The molecule has 1 amide bonds. The van der Waals surface area contributed by atoms with Crippen molar-refractivity contribution in [2.45, 2.75) is 89.0 Å². The van der Waals surface area contributed by atoms with Crippen LogP contribution in [0, 0.1) is 16.7 Å². The van der Waals surface area contributed by atoms with E-state index in [0.29, 0.717) is 11.1 Å². The topological polar surface area (TPSA) is 204 Å². The van der Waals surface area contributed by atoms with E-state index in [4.69, 9.17) is 23.7 Å². The molecule has 1 saturated carbocycles. The maximum atomic E-state index is 15.1. The highest BCUT2D eigenvalue weighted by Crippen LogP contribution is 2.65. The van der Waals surface area contributed by atoms with E-state index in [1.165, 1.54) is 26.0 Å². The summed E-state index contributed by atoms with van der Waals surface area (Å²) in [4.78, 5) is 68.5. The molecule has 10 atom stereocenters. The molecule has 3 saturated heterocycles. The average Bonchev–Trinajstić information content (AvgIpc) is 3.39. The Labute approximate surface area is 335 Å². The Balaban J connectivity index is 1.24. The number of benzene rings is 3. The van der Waals surface area contributed by atoms with Gasteiger partial charge in [-0.05, 0) is 54.8 Å². The number of ketones is 1. The van der Waals surface area contributed by atoms with E-state index in [9.17, 15) is 34.5 Å². The number of aliphatic hydroxyl groups is 3. The van der Waals surface area contributed by atoms with Gasteiger partial charge in [0.05, 0.1) is 35.6 Å². The Morgan fingerprint density at radius 3 is 2.05 bits per heavy atom. The van der Waals surface area contributed by atoms with Gasteiger partial charge in [0, 0.05) is 24.3 Å². The quantitative estimate of drug-likeness (QED) is 0.132. The lowest BCUT2D eigenvalue weighted by Crippen LogP contribution is -2.79. The van der Waals surface area contributed by atoms with Gasteiger partial charge in [-0.15, -0.1) is 0 Å². The van der Waals surface area contributed by atoms with E-state index in [1.807, 2.05) is 0 Å². The van der Waals surface area contributed by atoms with Crippen LogP contribution in [-0.4, -0.2) is 100 Å². The van der Waals surface area contributed by atoms with Crippen LogP contribution in [0.4, 0.5) is 0 Å². The van der Waals surface area contributed by atoms with Gasteiger partial charge in [-0.1, -0.05) is 80.6 Å². The zero-order valence-electron chi connectivity index (χ0n) is 32.7. The van der Waals surface area contributed by atoms with Crippen molar-refractivity contribution in [1.29, 1.82) is 0 Å². The van der Waals surface area contributed by atoms with E-state index < -0.39 is 101 Å². The fourth-order valence-electron chi connectivity index (χ4n) is 9.38. The standard InChI is InChI=1S/C44H47NO13/c1-24(22-54-40(52)33(48)32(26-15-9-6-10-16-26)45-38(50)27-17-11-7-12-18-27)31-34-36(49)42(5)29(47)21-30-43(23-55-30,57-25(2)46)35(42)37(44(53,58-34)41(31,3)4)56-39(51)28-19-13-8-14-20-28/h6-20,29-30,32-35,37,47-48,53H,21-23H2,1-5H3,(H,45,50)/b31-24-/t29-,30+,32-,33+,34+,35-,37-,42+,43-,44+/m0/s1. The van der Waals surface area contributed by atoms with Gasteiger partial charge < -0.3 is 44.3 Å². The summed E-state index contributed by atoms with van der Waals surface area (Å²) in [5.41, 5.74) is -3.67. The molecule has 2 bridgehead atoms. The van der Waals surface area contributed by atoms with E-state index in [1.54, 1.807) is 99.6 Å². The molecule has 0 unspecified atom stereocenters. The van der Waals surface area contributed by atoms with E-state index in [-0.39, 0.29) is 29.7 Å². The molecule has 306 valence electrons. The number of aliphatic hydroxyl groups excluding tert-OH is 2. The molecule has 4 fully saturated rings. The second kappa shape index (κ2) is 15.2. The monoisotopic (exact) mass is 797 g/mol. The number of esters is 3. The summed E-state index contributed by atoms with van der Waals surface area (Å²) in [6.45, 7) is 6.71. The van der Waals surface area contributed by atoms with Gasteiger partial charge in [-0.3, -0.25) is 14.4 Å². The Morgan fingerprint density at radius 2 is 1.48 bits per heavy atom. The number of nitrogens with one attached hydrogen (secondary N) is 1. The molecule has 3 aromatic rings. The molecule has 0 aromatic heterocycles. The minimum atomic E-state index is -2.50. The largest absolute Gasteiger partial charge is 0.459 e. The third kappa shape index (κ3) is 6.52. The predicted molar refractivity (Wildman–Crippen MR) is 203 cm³/mol. The Kier molecular flexibility index (Phi) is 10.7. The summed E-state index contributed by atoms with van der Waals surface area (Å²) in [7, 11) is 0. The lowest BCUT2D eigenvalue weighted by atomic mass is 9.49. The zero-order chi connectivity index (χ0) is 41.8. The Hall–Kier alpha value is -5.25. The fraction of sp³-hybridized carbons (Fsp3) is 0.432. The van der Waals surface area contributed by atoms with Crippen molar-refractivity contribution in [3.05, 3.63) is 119 Å². The van der Waals surface area contributed by atoms with Gasteiger partial charge in [-0.25, -0.2) is 9.59 Å². The highest BCUT2D eigenvalue weighted by atomic mass is 16.7. The summed E-state index contributed by atoms with van der Waals surface area (Å²) in [6.07, 6.45) is -7.59. The maximum Gasteiger partial charge on any atom is 0.338 e. The molecule has 14 nitrogen and oxygen atoms in total. The first-order chi connectivity index (χ1) is 27.5. The van der Waals surface area contributed by atoms with E-state index in [0.717, 1.165) is 0 Å². The van der Waals surface area contributed by atoms with Crippen molar-refractivity contribution in [3.8, 4) is 0 Å². The molecule has 1 aliphatic carbocycles. The first kappa shape index (κ1) is 40.9. The molecule has 3 heterocycles. The highest BCUT2D eigenvalue weighted by molar-refractivity contribution is 5.96. The minimum Gasteiger partial charge on any atom is -0.459 e. The number of rotatable bonds is 10. The number of ether oxygens (including phenoxy) is 5. The Morgan fingerprint density at radius 1 is 0.897 bits per heavy atom.